The van der Waals surface area contributed by atoms with Crippen LogP contribution in [0.3, 0.4) is 0 Å². The molecule has 20 heavy (non-hydrogen) atoms. The average molecular weight is 282 g/mol. The molecule has 2 atom stereocenters. The minimum absolute atomic E-state index is 0.182. The summed E-state index contributed by atoms with van der Waals surface area (Å²) in [5.74, 6) is -0.0277. The second kappa shape index (κ2) is 7.73. The van der Waals surface area contributed by atoms with Crippen LogP contribution in [0.1, 0.15) is 27.2 Å². The number of nitrogens with zero attached hydrogens (tertiary/aromatic N) is 2. The number of nitriles is 1. The summed E-state index contributed by atoms with van der Waals surface area (Å²) in [6, 6.07) is 2.26. The van der Waals surface area contributed by atoms with E-state index in [0.29, 0.717) is 24.9 Å². The summed E-state index contributed by atoms with van der Waals surface area (Å²) in [6.45, 7) is 6.66. The summed E-state index contributed by atoms with van der Waals surface area (Å²) in [5.41, 5.74) is 0. The Kier molecular flexibility index (Phi) is 6.29. The molecule has 0 saturated carbocycles. The molecule has 6 heteroatoms. The summed E-state index contributed by atoms with van der Waals surface area (Å²) in [5, 5.41) is 9.20. The van der Waals surface area contributed by atoms with Crippen molar-refractivity contribution in [3.8, 4) is 6.07 Å². The molecule has 1 amide bonds. The number of hydrogen-bond acceptors (Lipinski definition) is 5. The van der Waals surface area contributed by atoms with Crippen LogP contribution >= 0.6 is 0 Å². The predicted octanol–water partition coefficient (Wildman–Crippen LogP) is 1.80. The van der Waals surface area contributed by atoms with Crippen molar-refractivity contribution in [2.75, 3.05) is 26.3 Å². The summed E-state index contributed by atoms with van der Waals surface area (Å²) >= 11 is 0. The van der Waals surface area contributed by atoms with Gasteiger partial charge in [-0.2, -0.15) is 5.26 Å². The van der Waals surface area contributed by atoms with Crippen molar-refractivity contribution in [1.82, 2.24) is 4.90 Å². The number of esters is 1. The quantitative estimate of drug-likeness (QED) is 0.735. The van der Waals surface area contributed by atoms with E-state index in [0.717, 1.165) is 6.42 Å². The fourth-order valence-electron chi connectivity index (χ4n) is 2.49. The van der Waals surface area contributed by atoms with Crippen LogP contribution in [0.4, 0.5) is 4.79 Å². The van der Waals surface area contributed by atoms with Gasteiger partial charge in [-0.1, -0.05) is 13.8 Å². The van der Waals surface area contributed by atoms with Gasteiger partial charge in [-0.05, 0) is 25.2 Å². The summed E-state index contributed by atoms with van der Waals surface area (Å²) in [7, 11) is 0. The third-order valence-electron chi connectivity index (χ3n) is 3.57. The highest BCUT2D eigenvalue weighted by atomic mass is 16.6. The molecule has 1 fully saturated rings. The lowest BCUT2D eigenvalue weighted by Crippen LogP contribution is -2.45. The number of carbonyl (C=O) groups excluding carboxylic acids is 2. The maximum Gasteiger partial charge on any atom is 0.410 e. The molecule has 1 rings (SSSR count). The van der Waals surface area contributed by atoms with Gasteiger partial charge in [-0.3, -0.25) is 0 Å². The predicted molar refractivity (Wildman–Crippen MR) is 71.6 cm³/mol. The molecule has 0 aromatic carbocycles. The first-order valence-corrected chi connectivity index (χ1v) is 6.96. The van der Waals surface area contributed by atoms with Gasteiger partial charge in [0.1, 0.15) is 0 Å². The van der Waals surface area contributed by atoms with Gasteiger partial charge in [0.05, 0.1) is 18.6 Å². The van der Waals surface area contributed by atoms with Crippen LogP contribution in [-0.4, -0.2) is 43.3 Å². The van der Waals surface area contributed by atoms with Crippen LogP contribution < -0.4 is 0 Å². The lowest BCUT2D eigenvalue weighted by atomic mass is 9.79. The molecule has 6 nitrogen and oxygen atoms in total. The summed E-state index contributed by atoms with van der Waals surface area (Å²) < 4.78 is 9.57. The number of likely N-dealkylation sites (tertiary alicyclic amines) is 1. The third-order valence-corrected chi connectivity index (χ3v) is 3.57. The van der Waals surface area contributed by atoms with Gasteiger partial charge in [0, 0.05) is 13.1 Å². The zero-order valence-corrected chi connectivity index (χ0v) is 12.3. The number of rotatable bonds is 4. The van der Waals surface area contributed by atoms with E-state index in [1.807, 2.05) is 0 Å². The van der Waals surface area contributed by atoms with E-state index in [9.17, 15) is 14.9 Å². The molecule has 2 unspecified atom stereocenters. The Balaban J connectivity index is 2.47. The Morgan fingerprint density at radius 1 is 1.40 bits per heavy atom. The molecule has 112 valence electrons. The average Bonchev–Trinajstić information content (AvgIpc) is 2.44. The van der Waals surface area contributed by atoms with Gasteiger partial charge in [0.2, 0.25) is 0 Å². The number of carbonyl (C=O) groups is 2. The largest absolute Gasteiger partial charge is 0.463 e. The van der Waals surface area contributed by atoms with Crippen LogP contribution in [0.15, 0.2) is 0 Å². The molecule has 1 aliphatic rings. The van der Waals surface area contributed by atoms with Gasteiger partial charge >= 0.3 is 12.1 Å². The SMILES string of the molecule is CCOC(=O)COC(=O)N1CCC(C(C)C)C(C#N)C1. The molecular weight excluding hydrogens is 260 g/mol. The van der Waals surface area contributed by atoms with Crippen molar-refractivity contribution in [2.24, 2.45) is 17.8 Å². The smallest absolute Gasteiger partial charge is 0.410 e. The van der Waals surface area contributed by atoms with Crippen LogP contribution in [0.2, 0.25) is 0 Å². The standard InChI is InChI=1S/C14H22N2O4/c1-4-19-13(17)9-20-14(18)16-6-5-12(10(2)3)11(7-15)8-16/h10-12H,4-6,8-9H2,1-3H3. The highest BCUT2D eigenvalue weighted by Gasteiger charge is 2.33. The van der Waals surface area contributed by atoms with Crippen molar-refractivity contribution in [1.29, 1.82) is 5.26 Å². The maximum atomic E-state index is 11.8. The molecule has 0 bridgehead atoms. The summed E-state index contributed by atoms with van der Waals surface area (Å²) in [6.07, 6.45) is 0.227. The van der Waals surface area contributed by atoms with Crippen LogP contribution in [-0.2, 0) is 14.3 Å². The minimum atomic E-state index is -0.560. The summed E-state index contributed by atoms with van der Waals surface area (Å²) in [4.78, 5) is 24.4. The van der Waals surface area contributed by atoms with E-state index in [1.54, 1.807) is 6.92 Å². The molecular formula is C14H22N2O4. The van der Waals surface area contributed by atoms with Crippen molar-refractivity contribution in [3.05, 3.63) is 0 Å². The molecule has 0 aromatic rings. The highest BCUT2D eigenvalue weighted by Crippen LogP contribution is 2.29. The topological polar surface area (TPSA) is 79.6 Å². The monoisotopic (exact) mass is 282 g/mol. The molecule has 0 aromatic heterocycles. The lowest BCUT2D eigenvalue weighted by molar-refractivity contribution is -0.146. The molecule has 0 aliphatic carbocycles. The number of amides is 1. The Morgan fingerprint density at radius 3 is 2.65 bits per heavy atom. The maximum absolute atomic E-state index is 11.8. The Morgan fingerprint density at radius 2 is 2.10 bits per heavy atom. The first-order valence-electron chi connectivity index (χ1n) is 6.96. The van der Waals surface area contributed by atoms with Gasteiger partial charge in [0.25, 0.3) is 0 Å². The highest BCUT2D eigenvalue weighted by molar-refractivity contribution is 5.75. The molecule has 1 saturated heterocycles. The molecule has 1 aliphatic heterocycles. The van der Waals surface area contributed by atoms with Gasteiger partial charge in [-0.25, -0.2) is 9.59 Å². The van der Waals surface area contributed by atoms with E-state index in [4.69, 9.17) is 4.74 Å². The second-order valence-corrected chi connectivity index (χ2v) is 5.24. The van der Waals surface area contributed by atoms with Gasteiger partial charge < -0.3 is 14.4 Å². The first kappa shape index (κ1) is 16.3. The fraction of sp³-hybridized carbons (Fsp3) is 0.786. The van der Waals surface area contributed by atoms with Crippen molar-refractivity contribution < 1.29 is 19.1 Å². The van der Waals surface area contributed by atoms with Gasteiger partial charge in [-0.15, -0.1) is 0 Å². The molecule has 0 spiro atoms. The zero-order chi connectivity index (χ0) is 15.1. The zero-order valence-electron chi connectivity index (χ0n) is 12.3. The van der Waals surface area contributed by atoms with Crippen molar-refractivity contribution in [3.63, 3.8) is 0 Å². The number of ether oxygens (including phenoxy) is 2. The fourth-order valence-corrected chi connectivity index (χ4v) is 2.49. The van der Waals surface area contributed by atoms with E-state index in [2.05, 4.69) is 24.7 Å². The van der Waals surface area contributed by atoms with Crippen LogP contribution in [0, 0.1) is 29.1 Å². The van der Waals surface area contributed by atoms with E-state index < -0.39 is 12.1 Å². The first-order chi connectivity index (χ1) is 9.49. The Labute approximate surface area is 119 Å². The van der Waals surface area contributed by atoms with E-state index in [1.165, 1.54) is 4.90 Å². The number of piperidine rings is 1. The molecule has 0 radical (unpaired) electrons. The molecule has 0 N–H and O–H groups in total. The van der Waals surface area contributed by atoms with Crippen LogP contribution in [0.5, 0.6) is 0 Å². The minimum Gasteiger partial charge on any atom is -0.463 e. The third kappa shape index (κ3) is 4.41. The Bertz CT molecular complexity index is 389. The lowest BCUT2D eigenvalue weighted by Gasteiger charge is -2.36. The van der Waals surface area contributed by atoms with E-state index in [-0.39, 0.29) is 19.1 Å². The molecule has 1 heterocycles. The van der Waals surface area contributed by atoms with E-state index >= 15 is 0 Å². The van der Waals surface area contributed by atoms with Crippen molar-refractivity contribution in [2.45, 2.75) is 27.2 Å². The Hall–Kier alpha value is -1.77. The second-order valence-electron chi connectivity index (χ2n) is 5.24. The van der Waals surface area contributed by atoms with Gasteiger partial charge in [0.15, 0.2) is 6.61 Å². The van der Waals surface area contributed by atoms with Crippen LogP contribution in [0.25, 0.3) is 0 Å². The number of hydrogen-bond donors (Lipinski definition) is 0. The normalized spacial score (nSPS) is 22.2. The van der Waals surface area contributed by atoms with Crippen molar-refractivity contribution >= 4 is 12.1 Å².